The molecule has 0 heterocycles. The Labute approximate surface area is 238 Å². The summed E-state index contributed by atoms with van der Waals surface area (Å²) in [5.41, 5.74) is 2.26. The number of hydrogen-bond donors (Lipinski definition) is 0. The van der Waals surface area contributed by atoms with Crippen molar-refractivity contribution in [1.29, 1.82) is 0 Å². The van der Waals surface area contributed by atoms with Gasteiger partial charge in [0.2, 0.25) is 0 Å². The number of benzene rings is 3. The number of esters is 1. The summed E-state index contributed by atoms with van der Waals surface area (Å²) in [6.45, 7) is 4.63. The van der Waals surface area contributed by atoms with Gasteiger partial charge >= 0.3 is 18.2 Å². The molecule has 0 saturated heterocycles. The SMILES string of the molecule is CCOC(=O)Cc1ccc(OCC2CC2)c(-c2ccc(C(F)(F)F)cc2)c1CN(CC)C(=O)OCc1ccccc1. The molecule has 3 aromatic rings. The average molecular weight is 570 g/mol. The normalized spacial score (nSPS) is 13.0. The third-order valence-corrected chi connectivity index (χ3v) is 6.88. The summed E-state index contributed by atoms with van der Waals surface area (Å²) in [5, 5.41) is 0. The van der Waals surface area contributed by atoms with Crippen LogP contribution in [-0.4, -0.2) is 36.7 Å². The van der Waals surface area contributed by atoms with Crippen molar-refractivity contribution < 1.29 is 37.0 Å². The Hall–Kier alpha value is -4.01. The van der Waals surface area contributed by atoms with Crippen LogP contribution in [-0.2, 0) is 40.0 Å². The lowest BCUT2D eigenvalue weighted by atomic mass is 9.92. The Morgan fingerprint density at radius 1 is 0.927 bits per heavy atom. The van der Waals surface area contributed by atoms with Gasteiger partial charge in [-0.2, -0.15) is 13.2 Å². The maximum Gasteiger partial charge on any atom is 0.416 e. The van der Waals surface area contributed by atoms with Gasteiger partial charge in [-0.05, 0) is 73.1 Å². The molecule has 0 unspecified atom stereocenters. The van der Waals surface area contributed by atoms with Gasteiger partial charge in [0, 0.05) is 12.1 Å². The molecule has 1 aliphatic carbocycles. The molecule has 0 aromatic heterocycles. The standard InChI is InChI=1S/C32H34F3NO5/c1-3-36(31(38)41-21-22-8-6-5-7-9-22)19-27-25(18-29(37)39-4-2)14-17-28(40-20-23-10-11-23)30(27)24-12-15-26(16-13-24)32(33,34)35/h5-9,12-17,23H,3-4,10-11,18-21H2,1-2H3. The van der Waals surface area contributed by atoms with Gasteiger partial charge in [-0.15, -0.1) is 0 Å². The number of nitrogens with zero attached hydrogens (tertiary/aromatic N) is 1. The Balaban J connectivity index is 1.73. The molecule has 1 saturated carbocycles. The molecule has 0 radical (unpaired) electrons. The molecule has 6 nitrogen and oxygen atoms in total. The third kappa shape index (κ3) is 8.25. The Morgan fingerprint density at radius 2 is 1.63 bits per heavy atom. The molecule has 0 atom stereocenters. The quantitative estimate of drug-likeness (QED) is 0.212. The van der Waals surface area contributed by atoms with E-state index in [1.54, 1.807) is 26.0 Å². The van der Waals surface area contributed by atoms with Gasteiger partial charge in [-0.25, -0.2) is 4.79 Å². The van der Waals surface area contributed by atoms with Crippen molar-refractivity contribution in [3.63, 3.8) is 0 Å². The van der Waals surface area contributed by atoms with Crippen LogP contribution in [0.25, 0.3) is 11.1 Å². The number of carbonyl (C=O) groups excluding carboxylic acids is 2. The first kappa shape index (κ1) is 30.0. The van der Waals surface area contributed by atoms with Crippen LogP contribution in [0.1, 0.15) is 48.9 Å². The summed E-state index contributed by atoms with van der Waals surface area (Å²) in [6.07, 6.45) is -3.00. The van der Waals surface area contributed by atoms with E-state index in [2.05, 4.69) is 0 Å². The summed E-state index contributed by atoms with van der Waals surface area (Å²) < 4.78 is 57.0. The van der Waals surface area contributed by atoms with Crippen LogP contribution in [0.5, 0.6) is 5.75 Å². The molecule has 1 fully saturated rings. The second-order valence-electron chi connectivity index (χ2n) is 9.94. The molecule has 0 N–H and O–H groups in total. The summed E-state index contributed by atoms with van der Waals surface area (Å²) >= 11 is 0. The molecule has 0 bridgehead atoms. The van der Waals surface area contributed by atoms with E-state index in [9.17, 15) is 22.8 Å². The van der Waals surface area contributed by atoms with Crippen molar-refractivity contribution in [2.75, 3.05) is 19.8 Å². The zero-order valence-electron chi connectivity index (χ0n) is 23.2. The lowest BCUT2D eigenvalue weighted by Crippen LogP contribution is -2.31. The number of rotatable bonds is 12. The minimum atomic E-state index is -4.49. The first-order valence-corrected chi connectivity index (χ1v) is 13.8. The van der Waals surface area contributed by atoms with Crippen LogP contribution >= 0.6 is 0 Å². The molecule has 41 heavy (non-hydrogen) atoms. The maximum absolute atomic E-state index is 13.3. The lowest BCUT2D eigenvalue weighted by molar-refractivity contribution is -0.142. The highest BCUT2D eigenvalue weighted by atomic mass is 19.4. The number of carbonyl (C=O) groups is 2. The van der Waals surface area contributed by atoms with Gasteiger partial charge in [-0.1, -0.05) is 48.5 Å². The third-order valence-electron chi connectivity index (χ3n) is 6.88. The predicted molar refractivity (Wildman–Crippen MR) is 148 cm³/mol. The average Bonchev–Trinajstić information content (AvgIpc) is 3.79. The number of ether oxygens (including phenoxy) is 3. The first-order chi connectivity index (χ1) is 19.7. The van der Waals surface area contributed by atoms with Crippen molar-refractivity contribution in [3.8, 4) is 16.9 Å². The van der Waals surface area contributed by atoms with Crippen LogP contribution in [0, 0.1) is 5.92 Å². The minimum absolute atomic E-state index is 0.0514. The minimum Gasteiger partial charge on any atom is -0.493 e. The van der Waals surface area contributed by atoms with Gasteiger partial charge in [0.25, 0.3) is 0 Å². The molecule has 0 aliphatic heterocycles. The monoisotopic (exact) mass is 569 g/mol. The zero-order valence-corrected chi connectivity index (χ0v) is 23.2. The number of hydrogen-bond acceptors (Lipinski definition) is 5. The van der Waals surface area contributed by atoms with Crippen molar-refractivity contribution in [2.45, 2.75) is 52.4 Å². The maximum atomic E-state index is 13.3. The summed E-state index contributed by atoms with van der Waals surface area (Å²) in [7, 11) is 0. The van der Waals surface area contributed by atoms with E-state index in [1.165, 1.54) is 17.0 Å². The highest BCUT2D eigenvalue weighted by molar-refractivity contribution is 5.80. The van der Waals surface area contributed by atoms with Gasteiger partial charge in [0.05, 0.1) is 31.7 Å². The second-order valence-corrected chi connectivity index (χ2v) is 9.94. The van der Waals surface area contributed by atoms with Crippen molar-refractivity contribution in [2.24, 2.45) is 5.92 Å². The molecular formula is C32H34F3NO5. The predicted octanol–water partition coefficient (Wildman–Crippen LogP) is 7.43. The number of amides is 1. The van der Waals surface area contributed by atoms with E-state index < -0.39 is 23.8 Å². The highest BCUT2D eigenvalue weighted by Gasteiger charge is 2.31. The molecular weight excluding hydrogens is 535 g/mol. The molecule has 3 aromatic carbocycles. The van der Waals surface area contributed by atoms with Gasteiger partial charge in [0.15, 0.2) is 0 Å². The molecule has 4 rings (SSSR count). The topological polar surface area (TPSA) is 65.1 Å². The molecule has 1 amide bonds. The molecule has 9 heteroatoms. The van der Waals surface area contributed by atoms with Crippen molar-refractivity contribution in [1.82, 2.24) is 4.90 Å². The van der Waals surface area contributed by atoms with E-state index in [-0.39, 0.29) is 26.2 Å². The molecule has 218 valence electrons. The van der Waals surface area contributed by atoms with Gasteiger partial charge in [-0.3, -0.25) is 4.79 Å². The smallest absolute Gasteiger partial charge is 0.416 e. The summed E-state index contributed by atoms with van der Waals surface area (Å²) in [5.74, 6) is 0.458. The van der Waals surface area contributed by atoms with Crippen molar-refractivity contribution in [3.05, 3.63) is 89.0 Å². The Bertz CT molecular complexity index is 1320. The van der Waals surface area contributed by atoms with Crippen LogP contribution in [0.3, 0.4) is 0 Å². The van der Waals surface area contributed by atoms with Crippen LogP contribution in [0.4, 0.5) is 18.0 Å². The second kappa shape index (κ2) is 13.6. The van der Waals surface area contributed by atoms with Crippen LogP contribution in [0.15, 0.2) is 66.7 Å². The molecule has 0 spiro atoms. The largest absolute Gasteiger partial charge is 0.493 e. The fourth-order valence-electron chi connectivity index (χ4n) is 4.44. The Kier molecular flexibility index (Phi) is 9.91. The highest BCUT2D eigenvalue weighted by Crippen LogP contribution is 2.40. The van der Waals surface area contributed by atoms with Crippen LogP contribution < -0.4 is 4.74 Å². The Morgan fingerprint density at radius 3 is 2.24 bits per heavy atom. The van der Waals surface area contributed by atoms with E-state index in [0.29, 0.717) is 47.1 Å². The van der Waals surface area contributed by atoms with E-state index >= 15 is 0 Å². The summed E-state index contributed by atoms with van der Waals surface area (Å²) in [6, 6.07) is 17.6. The molecule has 1 aliphatic rings. The fraction of sp³-hybridized carbons (Fsp3) is 0.375. The number of alkyl halides is 3. The zero-order chi connectivity index (χ0) is 29.4. The van der Waals surface area contributed by atoms with Crippen molar-refractivity contribution >= 4 is 12.1 Å². The van der Waals surface area contributed by atoms with Gasteiger partial charge in [0.1, 0.15) is 12.4 Å². The lowest BCUT2D eigenvalue weighted by Gasteiger charge is -2.25. The van der Waals surface area contributed by atoms with E-state index in [0.717, 1.165) is 30.5 Å². The van der Waals surface area contributed by atoms with E-state index in [4.69, 9.17) is 14.2 Å². The fourth-order valence-corrected chi connectivity index (χ4v) is 4.44. The summed E-state index contributed by atoms with van der Waals surface area (Å²) in [4.78, 5) is 27.2. The number of halogens is 3. The van der Waals surface area contributed by atoms with Crippen LogP contribution in [0.2, 0.25) is 0 Å². The van der Waals surface area contributed by atoms with E-state index in [1.807, 2.05) is 30.3 Å². The first-order valence-electron chi connectivity index (χ1n) is 13.8. The van der Waals surface area contributed by atoms with Gasteiger partial charge < -0.3 is 19.1 Å².